The fourth-order valence-electron chi connectivity index (χ4n) is 2.87. The van der Waals surface area contributed by atoms with Gasteiger partial charge in [0, 0.05) is 18.4 Å². The Labute approximate surface area is 175 Å². The molecule has 0 bridgehead atoms. The molecule has 0 radical (unpaired) electrons. The van der Waals surface area contributed by atoms with Crippen molar-refractivity contribution < 1.29 is 18.8 Å². The highest BCUT2D eigenvalue weighted by atomic mass is 35.5. The van der Waals surface area contributed by atoms with Crippen molar-refractivity contribution in [3.8, 4) is 5.69 Å². The van der Waals surface area contributed by atoms with Crippen LogP contribution in [0.25, 0.3) is 5.69 Å². The summed E-state index contributed by atoms with van der Waals surface area (Å²) in [6, 6.07) is 8.41. The summed E-state index contributed by atoms with van der Waals surface area (Å²) in [6.45, 7) is 1.74. The van der Waals surface area contributed by atoms with E-state index in [1.54, 1.807) is 25.1 Å². The van der Waals surface area contributed by atoms with Gasteiger partial charge in [0.1, 0.15) is 17.8 Å². The lowest BCUT2D eigenvalue weighted by molar-refractivity contribution is 0.0937. The fraction of sp³-hybridized carbons (Fsp3) is 0.100. The normalized spacial score (nSPS) is 10.5. The molecule has 154 valence electrons. The van der Waals surface area contributed by atoms with Gasteiger partial charge in [0.2, 0.25) is 0 Å². The SMILES string of the molecule is CNC(=O)c1ncn(-c2ccc(NC(=O)c3ccc(F)cc3Cl)c(C)c2)c1C(N)=O. The molecule has 0 fully saturated rings. The highest BCUT2D eigenvalue weighted by molar-refractivity contribution is 6.34. The van der Waals surface area contributed by atoms with Gasteiger partial charge in [0.15, 0.2) is 5.69 Å². The Morgan fingerprint density at radius 3 is 2.47 bits per heavy atom. The van der Waals surface area contributed by atoms with Crippen LogP contribution in [0.2, 0.25) is 5.02 Å². The van der Waals surface area contributed by atoms with Gasteiger partial charge in [-0.15, -0.1) is 0 Å². The zero-order valence-electron chi connectivity index (χ0n) is 16.0. The maximum Gasteiger partial charge on any atom is 0.272 e. The number of halogens is 2. The number of aryl methyl sites for hydroxylation is 1. The van der Waals surface area contributed by atoms with Crippen molar-refractivity contribution in [2.75, 3.05) is 12.4 Å². The highest BCUT2D eigenvalue weighted by Gasteiger charge is 2.22. The molecule has 3 amide bonds. The van der Waals surface area contributed by atoms with E-state index in [1.807, 2.05) is 0 Å². The Balaban J connectivity index is 1.93. The van der Waals surface area contributed by atoms with E-state index in [1.165, 1.54) is 24.0 Å². The van der Waals surface area contributed by atoms with Crippen LogP contribution in [0, 0.1) is 12.7 Å². The number of benzene rings is 2. The topological polar surface area (TPSA) is 119 Å². The molecular formula is C20H17ClFN5O3. The third-order valence-electron chi connectivity index (χ3n) is 4.36. The minimum atomic E-state index is -0.813. The summed E-state index contributed by atoms with van der Waals surface area (Å²) in [7, 11) is 1.42. The van der Waals surface area contributed by atoms with Crippen molar-refractivity contribution in [3.05, 3.63) is 76.1 Å². The Hall–Kier alpha value is -3.72. The second kappa shape index (κ2) is 8.34. The van der Waals surface area contributed by atoms with Crippen molar-refractivity contribution in [3.63, 3.8) is 0 Å². The second-order valence-corrected chi connectivity index (χ2v) is 6.74. The number of nitrogens with zero attached hydrogens (tertiary/aromatic N) is 2. The number of nitrogens with one attached hydrogen (secondary N) is 2. The van der Waals surface area contributed by atoms with E-state index in [0.29, 0.717) is 16.9 Å². The molecule has 1 heterocycles. The van der Waals surface area contributed by atoms with Crippen LogP contribution in [0.3, 0.4) is 0 Å². The number of hydrogen-bond donors (Lipinski definition) is 3. The Morgan fingerprint density at radius 1 is 1.13 bits per heavy atom. The van der Waals surface area contributed by atoms with E-state index in [4.69, 9.17) is 17.3 Å². The van der Waals surface area contributed by atoms with E-state index in [9.17, 15) is 18.8 Å². The zero-order valence-corrected chi connectivity index (χ0v) is 16.7. The summed E-state index contributed by atoms with van der Waals surface area (Å²) in [6.07, 6.45) is 1.32. The number of imidazole rings is 1. The first-order chi connectivity index (χ1) is 14.2. The summed E-state index contributed by atoms with van der Waals surface area (Å²) in [5.74, 6) is -2.40. The lowest BCUT2D eigenvalue weighted by atomic mass is 10.1. The molecular weight excluding hydrogens is 413 g/mol. The third-order valence-corrected chi connectivity index (χ3v) is 4.67. The first kappa shape index (κ1) is 21.0. The van der Waals surface area contributed by atoms with Gasteiger partial charge < -0.3 is 16.4 Å². The first-order valence-electron chi connectivity index (χ1n) is 8.69. The lowest BCUT2D eigenvalue weighted by Crippen LogP contribution is -2.25. The maximum absolute atomic E-state index is 13.2. The van der Waals surface area contributed by atoms with Gasteiger partial charge in [0.05, 0.1) is 10.6 Å². The van der Waals surface area contributed by atoms with Crippen LogP contribution >= 0.6 is 11.6 Å². The summed E-state index contributed by atoms with van der Waals surface area (Å²) >= 11 is 5.93. The smallest absolute Gasteiger partial charge is 0.272 e. The molecule has 30 heavy (non-hydrogen) atoms. The molecule has 0 aliphatic carbocycles. The van der Waals surface area contributed by atoms with E-state index in [-0.39, 0.29) is 22.0 Å². The number of rotatable bonds is 5. The molecule has 10 heteroatoms. The molecule has 0 saturated heterocycles. The van der Waals surface area contributed by atoms with Crippen molar-refractivity contribution in [2.24, 2.45) is 5.73 Å². The van der Waals surface area contributed by atoms with Gasteiger partial charge in [-0.2, -0.15) is 0 Å². The van der Waals surface area contributed by atoms with Gasteiger partial charge >= 0.3 is 0 Å². The largest absolute Gasteiger partial charge is 0.364 e. The molecule has 0 spiro atoms. The van der Waals surface area contributed by atoms with Crippen LogP contribution in [-0.4, -0.2) is 34.3 Å². The minimum Gasteiger partial charge on any atom is -0.364 e. The van der Waals surface area contributed by atoms with Crippen LogP contribution in [-0.2, 0) is 0 Å². The molecule has 3 aromatic rings. The van der Waals surface area contributed by atoms with Crippen LogP contribution in [0.4, 0.5) is 10.1 Å². The van der Waals surface area contributed by atoms with Crippen molar-refractivity contribution in [1.82, 2.24) is 14.9 Å². The van der Waals surface area contributed by atoms with Crippen LogP contribution in [0.15, 0.2) is 42.7 Å². The van der Waals surface area contributed by atoms with Gasteiger partial charge in [-0.05, 0) is 48.9 Å². The Kier molecular flexibility index (Phi) is 5.84. The number of amides is 3. The summed E-state index contributed by atoms with van der Waals surface area (Å²) in [4.78, 5) is 40.3. The Morgan fingerprint density at radius 2 is 1.87 bits per heavy atom. The molecule has 8 nitrogen and oxygen atoms in total. The van der Waals surface area contributed by atoms with Gasteiger partial charge in [-0.1, -0.05) is 11.6 Å². The maximum atomic E-state index is 13.2. The van der Waals surface area contributed by atoms with Gasteiger partial charge in [0.25, 0.3) is 17.7 Å². The summed E-state index contributed by atoms with van der Waals surface area (Å²) in [5.41, 5.74) is 7.06. The van der Waals surface area contributed by atoms with Crippen LogP contribution in [0.5, 0.6) is 0 Å². The van der Waals surface area contributed by atoms with Gasteiger partial charge in [-0.3, -0.25) is 19.0 Å². The standard InChI is InChI=1S/C20H17ClFN5O3/c1-10-7-12(27-9-25-16(20(30)24-2)17(27)18(23)28)4-6-15(10)26-19(29)13-5-3-11(22)8-14(13)21/h3-9H,1-2H3,(H2,23,28)(H,24,30)(H,26,29). The average Bonchev–Trinajstić information content (AvgIpc) is 3.14. The predicted molar refractivity (Wildman–Crippen MR) is 110 cm³/mol. The molecule has 4 N–H and O–H groups in total. The third kappa shape index (κ3) is 4.01. The lowest BCUT2D eigenvalue weighted by Gasteiger charge is -2.13. The number of carbonyl (C=O) groups excluding carboxylic acids is 3. The summed E-state index contributed by atoms with van der Waals surface area (Å²) < 4.78 is 14.6. The highest BCUT2D eigenvalue weighted by Crippen LogP contribution is 2.24. The molecule has 0 aliphatic rings. The predicted octanol–water partition coefficient (Wildman–Crippen LogP) is 2.68. The molecule has 0 unspecified atom stereocenters. The number of carbonyl (C=O) groups is 3. The molecule has 2 aromatic carbocycles. The quantitative estimate of drug-likeness (QED) is 0.577. The monoisotopic (exact) mass is 429 g/mol. The molecule has 0 saturated carbocycles. The van der Waals surface area contributed by atoms with Crippen LogP contribution < -0.4 is 16.4 Å². The second-order valence-electron chi connectivity index (χ2n) is 6.33. The van der Waals surface area contributed by atoms with E-state index < -0.39 is 23.5 Å². The van der Waals surface area contributed by atoms with Crippen LogP contribution in [0.1, 0.15) is 36.9 Å². The zero-order chi connectivity index (χ0) is 22.0. The molecule has 3 rings (SSSR count). The number of primary amides is 1. The van der Waals surface area contributed by atoms with Crippen molar-refractivity contribution >= 4 is 35.0 Å². The Bertz CT molecular complexity index is 1180. The molecule has 0 aliphatic heterocycles. The van der Waals surface area contributed by atoms with Crippen molar-refractivity contribution in [1.29, 1.82) is 0 Å². The number of nitrogens with two attached hydrogens (primary N) is 1. The van der Waals surface area contributed by atoms with E-state index in [2.05, 4.69) is 15.6 Å². The van der Waals surface area contributed by atoms with E-state index >= 15 is 0 Å². The number of anilines is 1. The summed E-state index contributed by atoms with van der Waals surface area (Å²) in [5, 5.41) is 5.11. The fourth-order valence-corrected chi connectivity index (χ4v) is 3.12. The first-order valence-corrected chi connectivity index (χ1v) is 9.07. The molecule has 0 atom stereocenters. The minimum absolute atomic E-state index is 0.00646. The van der Waals surface area contributed by atoms with Crippen molar-refractivity contribution in [2.45, 2.75) is 6.92 Å². The molecule has 1 aromatic heterocycles. The number of hydrogen-bond acceptors (Lipinski definition) is 4. The van der Waals surface area contributed by atoms with E-state index in [0.717, 1.165) is 12.1 Å². The number of aromatic nitrogens is 2. The average molecular weight is 430 g/mol. The van der Waals surface area contributed by atoms with Gasteiger partial charge in [-0.25, -0.2) is 9.37 Å².